The van der Waals surface area contributed by atoms with Crippen LogP contribution in [0.1, 0.15) is 209 Å². The average Bonchev–Trinajstić information content (AvgIpc) is 3.06. The van der Waals surface area contributed by atoms with Crippen molar-refractivity contribution in [3.63, 3.8) is 0 Å². The summed E-state index contributed by atoms with van der Waals surface area (Å²) in [6.07, 6.45) is 15.1. The number of benzene rings is 2. The van der Waals surface area contributed by atoms with Crippen LogP contribution in [0.4, 0.5) is 21.0 Å². The Bertz CT molecular complexity index is 1450. The van der Waals surface area contributed by atoms with Gasteiger partial charge in [-0.3, -0.25) is 10.6 Å². The number of carbonyl (C=O) groups excluding carboxylic acids is 2. The molecule has 0 radical (unpaired) electrons. The van der Waals surface area contributed by atoms with Crippen molar-refractivity contribution in [3.05, 3.63) is 46.5 Å². The molecule has 8 nitrogen and oxygen atoms in total. The third-order valence-electron chi connectivity index (χ3n) is 10.5. The Labute approximate surface area is 341 Å². The van der Waals surface area contributed by atoms with Crippen LogP contribution in [-0.2, 0) is 31.1 Å². The molecule has 0 spiro atoms. The van der Waals surface area contributed by atoms with Gasteiger partial charge in [0.15, 0.2) is 0 Å². The molecule has 0 heterocycles. The molecule has 0 fully saturated rings. The number of carbonyl (C=O) groups is 2. The molecule has 0 saturated carbocycles. The van der Waals surface area contributed by atoms with Gasteiger partial charge in [-0.2, -0.15) is 0 Å². The van der Waals surface area contributed by atoms with E-state index < -0.39 is 12.2 Å². The van der Waals surface area contributed by atoms with Gasteiger partial charge < -0.3 is 19.7 Å². The number of phenolic OH excluding ortho intramolecular Hbond substituents is 2. The van der Waals surface area contributed by atoms with Gasteiger partial charge in [0.2, 0.25) is 0 Å². The largest absolute Gasteiger partial charge is 0.507 e. The number of hydrogen-bond donors (Lipinski definition) is 4. The summed E-state index contributed by atoms with van der Waals surface area (Å²) in [5.41, 5.74) is 3.38. The first-order valence-corrected chi connectivity index (χ1v) is 21.6. The Balaban J connectivity index is 1.74. The van der Waals surface area contributed by atoms with Crippen LogP contribution in [0.2, 0.25) is 0 Å². The highest BCUT2D eigenvalue weighted by atomic mass is 16.6. The topological polar surface area (TPSA) is 117 Å². The molecule has 56 heavy (non-hydrogen) atoms. The Hall–Kier alpha value is -3.42. The summed E-state index contributed by atoms with van der Waals surface area (Å²) >= 11 is 0. The monoisotopic (exact) mass is 781 g/mol. The second-order valence-corrected chi connectivity index (χ2v) is 20.1. The number of amides is 2. The third kappa shape index (κ3) is 17.0. The predicted molar refractivity (Wildman–Crippen MR) is 235 cm³/mol. The van der Waals surface area contributed by atoms with Crippen LogP contribution in [0.15, 0.2) is 24.3 Å². The van der Waals surface area contributed by atoms with Gasteiger partial charge in [0.05, 0.1) is 6.61 Å². The fourth-order valence-electron chi connectivity index (χ4n) is 7.09. The summed E-state index contributed by atoms with van der Waals surface area (Å²) in [6, 6.07) is 7.44. The molecule has 1 unspecified atom stereocenters. The van der Waals surface area contributed by atoms with E-state index in [1.165, 1.54) is 38.5 Å². The average molecular weight is 781 g/mol. The van der Waals surface area contributed by atoms with Crippen molar-refractivity contribution in [2.45, 2.75) is 214 Å². The SMILES string of the molecule is CCCCCCC(CCCCCCCCCCCOC(=O)Nc1cc(C(C)(C)C)c(O)c(C(C)(C)C)c1)OC(=O)Nc1cc(C(C)(C)C)c(O)c(C(C)(C)C)c1. The normalized spacial score (nSPS) is 13.0. The van der Waals surface area contributed by atoms with E-state index in [2.05, 4.69) is 59.1 Å². The van der Waals surface area contributed by atoms with Crippen molar-refractivity contribution < 1.29 is 29.3 Å². The lowest BCUT2D eigenvalue weighted by molar-refractivity contribution is 0.0960. The summed E-state index contributed by atoms with van der Waals surface area (Å²) in [6.45, 7) is 27.3. The van der Waals surface area contributed by atoms with Crippen molar-refractivity contribution in [1.82, 2.24) is 0 Å². The molecule has 0 aromatic heterocycles. The fourth-order valence-corrected chi connectivity index (χ4v) is 7.09. The lowest BCUT2D eigenvalue weighted by Gasteiger charge is -2.28. The van der Waals surface area contributed by atoms with Crippen LogP contribution in [0, 0.1) is 0 Å². The molecule has 2 aromatic rings. The maximum atomic E-state index is 13.2. The first-order chi connectivity index (χ1) is 25.9. The summed E-state index contributed by atoms with van der Waals surface area (Å²) in [5, 5.41) is 27.9. The fraction of sp³-hybridized carbons (Fsp3) is 0.708. The van der Waals surface area contributed by atoms with Gasteiger partial charge in [-0.1, -0.05) is 154 Å². The molecule has 1 atom stereocenters. The van der Waals surface area contributed by atoms with Gasteiger partial charge in [-0.15, -0.1) is 0 Å². The third-order valence-corrected chi connectivity index (χ3v) is 10.5. The minimum absolute atomic E-state index is 0.111. The lowest BCUT2D eigenvalue weighted by atomic mass is 9.79. The number of rotatable bonds is 20. The first kappa shape index (κ1) is 48.7. The zero-order chi connectivity index (χ0) is 42.3. The Morgan fingerprint density at radius 2 is 0.839 bits per heavy atom. The highest BCUT2D eigenvalue weighted by Crippen LogP contribution is 2.42. The number of ether oxygens (including phenoxy) is 2. The van der Waals surface area contributed by atoms with Gasteiger partial charge in [0.1, 0.15) is 17.6 Å². The van der Waals surface area contributed by atoms with Crippen molar-refractivity contribution in [2.24, 2.45) is 0 Å². The molecule has 318 valence electrons. The smallest absolute Gasteiger partial charge is 0.411 e. The van der Waals surface area contributed by atoms with Crippen LogP contribution in [0.3, 0.4) is 0 Å². The van der Waals surface area contributed by atoms with E-state index in [1.807, 2.05) is 65.8 Å². The number of hydrogen-bond acceptors (Lipinski definition) is 6. The highest BCUT2D eigenvalue weighted by molar-refractivity contribution is 5.86. The minimum Gasteiger partial charge on any atom is -0.507 e. The maximum absolute atomic E-state index is 13.2. The van der Waals surface area contributed by atoms with Crippen molar-refractivity contribution in [3.8, 4) is 11.5 Å². The molecule has 0 aliphatic carbocycles. The van der Waals surface area contributed by atoms with Crippen molar-refractivity contribution >= 4 is 23.6 Å². The number of anilines is 2. The minimum atomic E-state index is -0.466. The van der Waals surface area contributed by atoms with E-state index in [9.17, 15) is 19.8 Å². The zero-order valence-corrected chi connectivity index (χ0v) is 37.7. The summed E-state index contributed by atoms with van der Waals surface area (Å²) in [4.78, 5) is 25.8. The first-order valence-electron chi connectivity index (χ1n) is 21.6. The molecule has 0 bridgehead atoms. The molecule has 2 rings (SSSR count). The molecule has 4 N–H and O–H groups in total. The molecule has 0 saturated heterocycles. The maximum Gasteiger partial charge on any atom is 0.411 e. The van der Waals surface area contributed by atoms with E-state index in [1.54, 1.807) is 0 Å². The Kier molecular flexibility index (Phi) is 19.1. The molecule has 0 aliphatic heterocycles. The van der Waals surface area contributed by atoms with Crippen molar-refractivity contribution in [2.75, 3.05) is 17.2 Å². The van der Waals surface area contributed by atoms with Crippen LogP contribution in [0.25, 0.3) is 0 Å². The molecule has 8 heteroatoms. The molecular weight excluding hydrogens is 701 g/mol. The number of nitrogens with one attached hydrogen (secondary N) is 2. The van der Waals surface area contributed by atoms with Crippen LogP contribution < -0.4 is 10.6 Å². The molecule has 0 aliphatic rings. The van der Waals surface area contributed by atoms with Gasteiger partial charge in [0.25, 0.3) is 0 Å². The highest BCUT2D eigenvalue weighted by Gasteiger charge is 2.29. The Morgan fingerprint density at radius 1 is 0.518 bits per heavy atom. The summed E-state index contributed by atoms with van der Waals surface area (Å²) in [5.74, 6) is 0.580. The molecule has 2 aromatic carbocycles. The van der Waals surface area contributed by atoms with Gasteiger partial charge >= 0.3 is 12.2 Å². The number of unbranched alkanes of at least 4 members (excludes halogenated alkanes) is 11. The van der Waals surface area contributed by atoms with E-state index in [-0.39, 0.29) is 33.5 Å². The second kappa shape index (κ2) is 21.9. The van der Waals surface area contributed by atoms with Crippen molar-refractivity contribution in [1.29, 1.82) is 0 Å². The van der Waals surface area contributed by atoms with Crippen LogP contribution in [-0.4, -0.2) is 35.1 Å². The van der Waals surface area contributed by atoms with Crippen LogP contribution >= 0.6 is 0 Å². The standard InChI is InChI=1S/C48H80N2O6/c1-14-15-16-24-27-36(56-44(54)50-35-32-39(47(8,9)10)42(52)40(33-35)48(11,12)13)28-25-22-20-18-17-19-21-23-26-29-55-43(53)49-34-30-37(45(2,3)4)41(51)38(31-34)46(5,6)7/h30-33,36,51-52H,14-29H2,1-13H3,(H,49,53)(H,50,54). The predicted octanol–water partition coefficient (Wildman–Crippen LogP) is 14.3. The van der Waals surface area contributed by atoms with Gasteiger partial charge in [0, 0.05) is 33.6 Å². The van der Waals surface area contributed by atoms with Gasteiger partial charge in [-0.25, -0.2) is 9.59 Å². The van der Waals surface area contributed by atoms with E-state index in [0.717, 1.165) is 80.0 Å². The van der Waals surface area contributed by atoms with Gasteiger partial charge in [-0.05, 0) is 78.0 Å². The lowest BCUT2D eigenvalue weighted by Crippen LogP contribution is -2.24. The van der Waals surface area contributed by atoms with Crippen LogP contribution in [0.5, 0.6) is 11.5 Å². The van der Waals surface area contributed by atoms with E-state index >= 15 is 0 Å². The summed E-state index contributed by atoms with van der Waals surface area (Å²) in [7, 11) is 0. The molecular formula is C48H80N2O6. The quantitative estimate of drug-likeness (QED) is 0.0785. The summed E-state index contributed by atoms with van der Waals surface area (Å²) < 4.78 is 11.5. The number of phenols is 2. The second-order valence-electron chi connectivity index (χ2n) is 20.1. The zero-order valence-electron chi connectivity index (χ0n) is 37.7. The van der Waals surface area contributed by atoms with E-state index in [0.29, 0.717) is 23.7 Å². The Morgan fingerprint density at radius 3 is 1.20 bits per heavy atom. The molecule has 2 amide bonds. The van der Waals surface area contributed by atoms with E-state index in [4.69, 9.17) is 9.47 Å². The number of aromatic hydroxyl groups is 2.